The number of nitro groups is 1. The summed E-state index contributed by atoms with van der Waals surface area (Å²) in [7, 11) is 0. The lowest BCUT2D eigenvalue weighted by molar-refractivity contribution is -0.385. The molecular weight excluding hydrogens is 478 g/mol. The molecule has 0 aliphatic heterocycles. The van der Waals surface area contributed by atoms with Gasteiger partial charge in [0.15, 0.2) is 0 Å². The first-order valence-electron chi connectivity index (χ1n) is 11.7. The highest BCUT2D eigenvalue weighted by molar-refractivity contribution is 6.31. The first kappa shape index (κ1) is 26.9. The van der Waals surface area contributed by atoms with E-state index in [0.717, 1.165) is 5.56 Å². The summed E-state index contributed by atoms with van der Waals surface area (Å²) in [5.41, 5.74) is 1.18. The van der Waals surface area contributed by atoms with Crippen LogP contribution in [0.15, 0.2) is 78.9 Å². The summed E-state index contributed by atoms with van der Waals surface area (Å²) in [4.78, 5) is 39.9. The summed E-state index contributed by atoms with van der Waals surface area (Å²) >= 11 is 6.42. The molecule has 1 atom stereocenters. The molecule has 8 heteroatoms. The molecule has 36 heavy (non-hydrogen) atoms. The Bertz CT molecular complexity index is 1220. The molecule has 0 fully saturated rings. The number of carbonyl (C=O) groups excluding carboxylic acids is 2. The lowest BCUT2D eigenvalue weighted by atomic mass is 9.99. The van der Waals surface area contributed by atoms with Gasteiger partial charge in [0.05, 0.1) is 11.3 Å². The van der Waals surface area contributed by atoms with Crippen LogP contribution in [0.4, 0.5) is 5.69 Å². The Kier molecular flexibility index (Phi) is 8.83. The molecule has 0 aliphatic carbocycles. The Balaban J connectivity index is 2.05. The third kappa shape index (κ3) is 7.39. The van der Waals surface area contributed by atoms with Crippen LogP contribution in [0.1, 0.15) is 37.5 Å². The van der Waals surface area contributed by atoms with E-state index < -0.39 is 22.4 Å². The molecule has 0 aliphatic rings. The van der Waals surface area contributed by atoms with Crippen LogP contribution in [0.3, 0.4) is 0 Å². The zero-order valence-electron chi connectivity index (χ0n) is 20.6. The van der Waals surface area contributed by atoms with Crippen LogP contribution >= 0.6 is 11.6 Å². The fourth-order valence-corrected chi connectivity index (χ4v) is 4.12. The third-order valence-corrected chi connectivity index (χ3v) is 5.97. The SMILES string of the molecule is CC(C)(C)NC(=O)[C@H](Cc1ccccc1)N(Cc1ccccc1Cl)C(=O)Cc1ccccc1[N+](=O)[O-]. The maximum Gasteiger partial charge on any atom is 0.273 e. The lowest BCUT2D eigenvalue weighted by Crippen LogP contribution is -2.54. The molecule has 188 valence electrons. The number of benzene rings is 3. The van der Waals surface area contributed by atoms with E-state index in [0.29, 0.717) is 10.6 Å². The normalized spacial score (nSPS) is 12.0. The fraction of sp³-hybridized carbons (Fsp3) is 0.286. The van der Waals surface area contributed by atoms with E-state index in [9.17, 15) is 19.7 Å². The quantitative estimate of drug-likeness (QED) is 0.312. The van der Waals surface area contributed by atoms with Crippen LogP contribution in [0.25, 0.3) is 0 Å². The summed E-state index contributed by atoms with van der Waals surface area (Å²) in [6.07, 6.45) is 0.0471. The van der Waals surface area contributed by atoms with Crippen LogP contribution in [-0.4, -0.2) is 33.2 Å². The fourth-order valence-electron chi connectivity index (χ4n) is 3.92. The van der Waals surface area contributed by atoms with Crippen LogP contribution in [0.5, 0.6) is 0 Å². The maximum absolute atomic E-state index is 13.8. The van der Waals surface area contributed by atoms with Crippen molar-refractivity contribution in [2.24, 2.45) is 0 Å². The van der Waals surface area contributed by atoms with Crippen LogP contribution in [0.2, 0.25) is 5.02 Å². The molecule has 0 spiro atoms. The summed E-state index contributed by atoms with van der Waals surface area (Å²) in [5, 5.41) is 15.0. The van der Waals surface area contributed by atoms with Crippen molar-refractivity contribution in [1.82, 2.24) is 10.2 Å². The molecule has 0 heterocycles. The highest BCUT2D eigenvalue weighted by Crippen LogP contribution is 2.24. The molecule has 2 amide bonds. The molecule has 0 unspecified atom stereocenters. The number of hydrogen-bond donors (Lipinski definition) is 1. The van der Waals surface area contributed by atoms with Gasteiger partial charge in [-0.25, -0.2) is 0 Å². The molecule has 0 bridgehead atoms. The number of amides is 2. The molecule has 3 aromatic rings. The maximum atomic E-state index is 13.8. The van der Waals surface area contributed by atoms with Gasteiger partial charge < -0.3 is 10.2 Å². The third-order valence-electron chi connectivity index (χ3n) is 5.60. The van der Waals surface area contributed by atoms with E-state index in [-0.39, 0.29) is 36.5 Å². The van der Waals surface area contributed by atoms with Crippen LogP contribution in [0, 0.1) is 10.1 Å². The van der Waals surface area contributed by atoms with Crippen molar-refractivity contribution in [3.8, 4) is 0 Å². The molecule has 0 aromatic heterocycles. The number of nitrogens with zero attached hydrogens (tertiary/aromatic N) is 2. The first-order valence-corrected chi connectivity index (χ1v) is 12.0. The van der Waals surface area contributed by atoms with Crippen LogP contribution < -0.4 is 5.32 Å². The van der Waals surface area contributed by atoms with Gasteiger partial charge in [-0.2, -0.15) is 0 Å². The van der Waals surface area contributed by atoms with Gasteiger partial charge in [-0.05, 0) is 38.0 Å². The van der Waals surface area contributed by atoms with Gasteiger partial charge in [0.2, 0.25) is 11.8 Å². The van der Waals surface area contributed by atoms with Crippen molar-refractivity contribution in [3.63, 3.8) is 0 Å². The highest BCUT2D eigenvalue weighted by Gasteiger charge is 2.33. The monoisotopic (exact) mass is 507 g/mol. The van der Waals surface area contributed by atoms with Gasteiger partial charge in [-0.3, -0.25) is 19.7 Å². The largest absolute Gasteiger partial charge is 0.350 e. The molecule has 0 saturated carbocycles. The first-order chi connectivity index (χ1) is 17.0. The summed E-state index contributed by atoms with van der Waals surface area (Å²) in [5.74, 6) is -0.719. The van der Waals surface area contributed by atoms with Crippen molar-refractivity contribution in [2.45, 2.75) is 51.7 Å². The minimum atomic E-state index is -0.863. The van der Waals surface area contributed by atoms with E-state index >= 15 is 0 Å². The summed E-state index contributed by atoms with van der Waals surface area (Å²) in [6, 6.07) is 21.8. The highest BCUT2D eigenvalue weighted by atomic mass is 35.5. The van der Waals surface area contributed by atoms with Gasteiger partial charge in [0.25, 0.3) is 5.69 Å². The molecule has 7 nitrogen and oxygen atoms in total. The zero-order valence-corrected chi connectivity index (χ0v) is 21.4. The van der Waals surface area contributed by atoms with Crippen molar-refractivity contribution in [1.29, 1.82) is 0 Å². The molecule has 0 saturated heterocycles. The number of hydrogen-bond acceptors (Lipinski definition) is 4. The molecule has 1 N–H and O–H groups in total. The van der Waals surface area contributed by atoms with Gasteiger partial charge in [0.1, 0.15) is 6.04 Å². The number of nitrogens with one attached hydrogen (secondary N) is 1. The Morgan fingerprint density at radius 3 is 2.14 bits per heavy atom. The van der Waals surface area contributed by atoms with Gasteiger partial charge >= 0.3 is 0 Å². The number of carbonyl (C=O) groups is 2. The molecule has 0 radical (unpaired) electrons. The number of halogens is 1. The van der Waals surface area contributed by atoms with Crippen molar-refractivity contribution in [2.75, 3.05) is 0 Å². The van der Waals surface area contributed by atoms with Crippen molar-refractivity contribution >= 4 is 29.1 Å². The average Bonchev–Trinajstić information content (AvgIpc) is 2.82. The summed E-state index contributed by atoms with van der Waals surface area (Å²) in [6.45, 7) is 5.70. The van der Waals surface area contributed by atoms with E-state index in [4.69, 9.17) is 11.6 Å². The smallest absolute Gasteiger partial charge is 0.273 e. The van der Waals surface area contributed by atoms with E-state index in [2.05, 4.69) is 5.32 Å². The van der Waals surface area contributed by atoms with Crippen molar-refractivity contribution in [3.05, 3.63) is 111 Å². The van der Waals surface area contributed by atoms with E-state index in [1.807, 2.05) is 57.2 Å². The second-order valence-corrected chi connectivity index (χ2v) is 10.0. The molecular formula is C28H30ClN3O4. The Morgan fingerprint density at radius 2 is 1.53 bits per heavy atom. The predicted octanol–water partition coefficient (Wildman–Crippen LogP) is 5.35. The number of rotatable bonds is 9. The lowest BCUT2D eigenvalue weighted by Gasteiger charge is -2.34. The topological polar surface area (TPSA) is 92.6 Å². The minimum Gasteiger partial charge on any atom is -0.350 e. The Morgan fingerprint density at radius 1 is 0.944 bits per heavy atom. The second-order valence-electron chi connectivity index (χ2n) is 9.62. The van der Waals surface area contributed by atoms with Gasteiger partial charge in [-0.15, -0.1) is 0 Å². The van der Waals surface area contributed by atoms with E-state index in [1.165, 1.54) is 11.0 Å². The zero-order chi connectivity index (χ0) is 26.3. The summed E-state index contributed by atoms with van der Waals surface area (Å²) < 4.78 is 0. The molecule has 3 aromatic carbocycles. The number of para-hydroxylation sites is 1. The van der Waals surface area contributed by atoms with Crippen LogP contribution in [-0.2, 0) is 29.0 Å². The second kappa shape index (κ2) is 11.8. The van der Waals surface area contributed by atoms with Gasteiger partial charge in [0, 0.05) is 35.2 Å². The minimum absolute atomic E-state index is 0.0776. The number of nitro benzene ring substituents is 1. The van der Waals surface area contributed by atoms with Crippen molar-refractivity contribution < 1.29 is 14.5 Å². The molecule has 3 rings (SSSR count). The Hall–Kier alpha value is -3.71. The average molecular weight is 508 g/mol. The Labute approximate surface area is 216 Å². The van der Waals surface area contributed by atoms with E-state index in [1.54, 1.807) is 36.4 Å². The van der Waals surface area contributed by atoms with Gasteiger partial charge in [-0.1, -0.05) is 78.3 Å². The predicted molar refractivity (Wildman–Crippen MR) is 141 cm³/mol. The standard InChI is InChI=1S/C28H30ClN3O4/c1-28(2,3)30-27(34)25(17-20-11-5-4-6-12-20)31(19-22-14-7-9-15-23(22)29)26(33)18-21-13-8-10-16-24(21)32(35)36/h4-16,25H,17-19H2,1-3H3,(H,30,34)/t25-/m0/s1.